The Kier molecular flexibility index (Phi) is 5.83. The average molecular weight is 419 g/mol. The number of halogens is 1. The molecule has 3 rings (SSSR count). The van der Waals surface area contributed by atoms with E-state index in [4.69, 9.17) is 11.6 Å². The molecule has 1 aromatic heterocycles. The van der Waals surface area contributed by atoms with Crippen LogP contribution in [0.5, 0.6) is 0 Å². The van der Waals surface area contributed by atoms with Gasteiger partial charge in [-0.25, -0.2) is 12.7 Å². The largest absolute Gasteiger partial charge is 0.378 e. The summed E-state index contributed by atoms with van der Waals surface area (Å²) in [5, 5.41) is 7.14. The molecule has 146 valence electrons. The van der Waals surface area contributed by atoms with E-state index in [0.29, 0.717) is 16.9 Å². The van der Waals surface area contributed by atoms with Crippen molar-refractivity contribution in [2.75, 3.05) is 19.4 Å². The second-order valence-corrected chi connectivity index (χ2v) is 8.67. The maximum Gasteiger partial charge on any atom is 0.292 e. The van der Waals surface area contributed by atoms with Crippen LogP contribution in [0.2, 0.25) is 5.02 Å². The fraction of sp³-hybridized carbons (Fsp3) is 0.158. The fourth-order valence-electron chi connectivity index (χ4n) is 2.60. The van der Waals surface area contributed by atoms with Gasteiger partial charge in [-0.05, 0) is 23.8 Å². The van der Waals surface area contributed by atoms with Gasteiger partial charge in [-0.3, -0.25) is 4.79 Å². The van der Waals surface area contributed by atoms with E-state index >= 15 is 0 Å². The van der Waals surface area contributed by atoms with Gasteiger partial charge in [0, 0.05) is 20.6 Å². The molecule has 0 aliphatic carbocycles. The standard InChI is InChI=1S/C19H19ClN4O3S/c1-23(2)28(26,27)17-11-7-6-8-14(17)12-21-16-13-22-24(19(25)18(16)20)15-9-4-3-5-10-15/h3-11,13,21H,12H2,1-2H3. The van der Waals surface area contributed by atoms with Gasteiger partial charge >= 0.3 is 0 Å². The van der Waals surface area contributed by atoms with Crippen molar-refractivity contribution in [3.63, 3.8) is 0 Å². The minimum Gasteiger partial charge on any atom is -0.378 e. The van der Waals surface area contributed by atoms with E-state index in [2.05, 4.69) is 10.4 Å². The predicted octanol–water partition coefficient (Wildman–Crippen LogP) is 2.75. The Labute approximate surface area is 168 Å². The molecule has 0 amide bonds. The summed E-state index contributed by atoms with van der Waals surface area (Å²) in [5.41, 5.74) is 1.02. The third-order valence-electron chi connectivity index (χ3n) is 4.12. The van der Waals surface area contributed by atoms with Gasteiger partial charge < -0.3 is 5.32 Å². The van der Waals surface area contributed by atoms with Crippen LogP contribution in [0.4, 0.5) is 5.69 Å². The van der Waals surface area contributed by atoms with E-state index in [1.165, 1.54) is 25.0 Å². The first-order valence-corrected chi connectivity index (χ1v) is 10.2. The molecule has 0 aliphatic heterocycles. The summed E-state index contributed by atoms with van der Waals surface area (Å²) in [6, 6.07) is 15.6. The van der Waals surface area contributed by atoms with Crippen molar-refractivity contribution in [2.24, 2.45) is 0 Å². The minimum absolute atomic E-state index is 0.0215. The Hall–Kier alpha value is -2.68. The molecular formula is C19H19ClN4O3S. The van der Waals surface area contributed by atoms with Crippen LogP contribution >= 0.6 is 11.6 Å². The van der Waals surface area contributed by atoms with Crippen LogP contribution in [-0.4, -0.2) is 36.6 Å². The second kappa shape index (κ2) is 8.14. The van der Waals surface area contributed by atoms with Gasteiger partial charge in [-0.15, -0.1) is 0 Å². The Morgan fingerprint density at radius 1 is 1.07 bits per heavy atom. The first kappa shape index (κ1) is 20.1. The molecule has 1 N–H and O–H groups in total. The summed E-state index contributed by atoms with van der Waals surface area (Å²) in [5.74, 6) is 0. The molecule has 1 heterocycles. The van der Waals surface area contributed by atoms with Crippen molar-refractivity contribution in [3.8, 4) is 5.69 Å². The van der Waals surface area contributed by atoms with Crippen molar-refractivity contribution in [3.05, 3.63) is 81.7 Å². The highest BCUT2D eigenvalue weighted by Gasteiger charge is 2.21. The molecular weight excluding hydrogens is 400 g/mol. The average Bonchev–Trinajstić information content (AvgIpc) is 2.70. The van der Waals surface area contributed by atoms with E-state index in [1.54, 1.807) is 48.5 Å². The molecule has 0 saturated heterocycles. The fourth-order valence-corrected chi connectivity index (χ4v) is 3.91. The first-order chi connectivity index (χ1) is 13.3. The molecule has 2 aromatic carbocycles. The molecule has 0 radical (unpaired) electrons. The van der Waals surface area contributed by atoms with E-state index in [0.717, 1.165) is 4.31 Å². The number of nitrogens with one attached hydrogen (secondary N) is 1. The molecule has 7 nitrogen and oxygen atoms in total. The van der Waals surface area contributed by atoms with E-state index < -0.39 is 15.6 Å². The molecule has 0 atom stereocenters. The summed E-state index contributed by atoms with van der Waals surface area (Å²) in [4.78, 5) is 12.7. The molecule has 28 heavy (non-hydrogen) atoms. The number of para-hydroxylation sites is 1. The summed E-state index contributed by atoms with van der Waals surface area (Å²) in [6.45, 7) is 0.166. The Bertz CT molecular complexity index is 1150. The van der Waals surface area contributed by atoms with Gasteiger partial charge in [0.25, 0.3) is 5.56 Å². The van der Waals surface area contributed by atoms with E-state index in [1.807, 2.05) is 6.07 Å². The van der Waals surface area contributed by atoms with Gasteiger partial charge in [-0.2, -0.15) is 9.78 Å². The van der Waals surface area contributed by atoms with Gasteiger partial charge in [0.2, 0.25) is 10.0 Å². The van der Waals surface area contributed by atoms with Crippen molar-refractivity contribution in [1.29, 1.82) is 0 Å². The number of hydrogen-bond donors (Lipinski definition) is 1. The highest BCUT2D eigenvalue weighted by Crippen LogP contribution is 2.22. The molecule has 9 heteroatoms. The number of rotatable bonds is 6. The zero-order valence-corrected chi connectivity index (χ0v) is 16.9. The van der Waals surface area contributed by atoms with Crippen molar-refractivity contribution in [2.45, 2.75) is 11.4 Å². The van der Waals surface area contributed by atoms with Crippen LogP contribution in [0.15, 0.2) is 70.5 Å². The number of anilines is 1. The Morgan fingerprint density at radius 2 is 1.71 bits per heavy atom. The summed E-state index contributed by atoms with van der Waals surface area (Å²) in [7, 11) is -0.643. The lowest BCUT2D eigenvalue weighted by Gasteiger charge is -2.16. The lowest BCUT2D eigenvalue weighted by molar-refractivity contribution is 0.520. The van der Waals surface area contributed by atoms with Gasteiger partial charge in [0.05, 0.1) is 22.5 Å². The van der Waals surface area contributed by atoms with Crippen molar-refractivity contribution >= 4 is 27.3 Å². The van der Waals surface area contributed by atoms with Crippen molar-refractivity contribution < 1.29 is 8.42 Å². The zero-order chi connectivity index (χ0) is 20.3. The van der Waals surface area contributed by atoms with Crippen molar-refractivity contribution in [1.82, 2.24) is 14.1 Å². The normalized spacial score (nSPS) is 11.6. The number of sulfonamides is 1. The molecule has 0 bridgehead atoms. The summed E-state index contributed by atoms with van der Waals surface area (Å²) >= 11 is 6.23. The molecule has 0 saturated carbocycles. The second-order valence-electron chi connectivity index (χ2n) is 6.17. The molecule has 0 aliphatic rings. The number of aromatic nitrogens is 2. The molecule has 0 fully saturated rings. The van der Waals surface area contributed by atoms with Crippen LogP contribution in [0.1, 0.15) is 5.56 Å². The Balaban J connectivity index is 1.89. The SMILES string of the molecule is CN(C)S(=O)(=O)c1ccccc1CNc1cnn(-c2ccccc2)c(=O)c1Cl. The third kappa shape index (κ3) is 3.94. The number of benzene rings is 2. The quantitative estimate of drug-likeness (QED) is 0.665. The highest BCUT2D eigenvalue weighted by atomic mass is 35.5. The van der Waals surface area contributed by atoms with Gasteiger partial charge in [0.15, 0.2) is 0 Å². The van der Waals surface area contributed by atoms with E-state index in [9.17, 15) is 13.2 Å². The molecule has 3 aromatic rings. The molecule has 0 unspecified atom stereocenters. The third-order valence-corrected chi connectivity index (χ3v) is 6.40. The lowest BCUT2D eigenvalue weighted by Crippen LogP contribution is -2.24. The maximum absolute atomic E-state index is 12.5. The maximum atomic E-state index is 12.5. The summed E-state index contributed by atoms with van der Waals surface area (Å²) < 4.78 is 27.3. The van der Waals surface area contributed by atoms with Crippen LogP contribution < -0.4 is 10.9 Å². The van der Waals surface area contributed by atoms with E-state index in [-0.39, 0.29) is 16.5 Å². The number of hydrogen-bond acceptors (Lipinski definition) is 5. The smallest absolute Gasteiger partial charge is 0.292 e. The molecule has 0 spiro atoms. The summed E-state index contributed by atoms with van der Waals surface area (Å²) in [6.07, 6.45) is 1.44. The van der Waals surface area contributed by atoms with Crippen LogP contribution in [0.25, 0.3) is 5.69 Å². The van der Waals surface area contributed by atoms with Crippen LogP contribution in [0, 0.1) is 0 Å². The highest BCUT2D eigenvalue weighted by molar-refractivity contribution is 7.89. The Morgan fingerprint density at radius 3 is 2.39 bits per heavy atom. The number of nitrogens with zero attached hydrogens (tertiary/aromatic N) is 3. The zero-order valence-electron chi connectivity index (χ0n) is 15.3. The predicted molar refractivity (Wildman–Crippen MR) is 109 cm³/mol. The topological polar surface area (TPSA) is 84.3 Å². The van der Waals surface area contributed by atoms with Crippen LogP contribution in [0.3, 0.4) is 0 Å². The van der Waals surface area contributed by atoms with Gasteiger partial charge in [0.1, 0.15) is 5.02 Å². The van der Waals surface area contributed by atoms with Gasteiger partial charge in [-0.1, -0.05) is 48.0 Å². The minimum atomic E-state index is -3.59. The van der Waals surface area contributed by atoms with Crippen LogP contribution in [-0.2, 0) is 16.6 Å². The lowest BCUT2D eigenvalue weighted by atomic mass is 10.2. The first-order valence-electron chi connectivity index (χ1n) is 8.40. The monoisotopic (exact) mass is 418 g/mol.